The van der Waals surface area contributed by atoms with Crippen molar-refractivity contribution in [2.75, 3.05) is 0 Å². The molecule has 1 aromatic heterocycles. The van der Waals surface area contributed by atoms with Crippen LogP contribution in [0.25, 0.3) is 22.0 Å². The molecule has 1 heterocycles. The second kappa shape index (κ2) is 10.1. The van der Waals surface area contributed by atoms with Crippen molar-refractivity contribution in [3.8, 4) is 17.0 Å². The third-order valence-electron chi connectivity index (χ3n) is 5.71. The van der Waals surface area contributed by atoms with Crippen molar-refractivity contribution >= 4 is 22.4 Å². The first-order valence-electron chi connectivity index (χ1n) is 11.3. The number of aromatic nitrogens is 2. The van der Waals surface area contributed by atoms with Crippen LogP contribution in [0.15, 0.2) is 108 Å². The van der Waals surface area contributed by atoms with E-state index in [-0.39, 0.29) is 5.91 Å². The number of hydrogen-bond donors (Lipinski definition) is 2. The van der Waals surface area contributed by atoms with Crippen molar-refractivity contribution in [1.82, 2.24) is 15.6 Å². The summed E-state index contributed by atoms with van der Waals surface area (Å²) in [6, 6.07) is 33.6. The highest BCUT2D eigenvalue weighted by Crippen LogP contribution is 2.22. The van der Waals surface area contributed by atoms with E-state index in [1.165, 1.54) is 0 Å². The van der Waals surface area contributed by atoms with Crippen LogP contribution in [0.3, 0.4) is 0 Å². The smallest absolute Gasteiger partial charge is 0.289 e. The van der Waals surface area contributed by atoms with Gasteiger partial charge in [-0.25, -0.2) is 5.43 Å². The van der Waals surface area contributed by atoms with Crippen molar-refractivity contribution in [2.24, 2.45) is 5.10 Å². The lowest BCUT2D eigenvalue weighted by molar-refractivity contribution is 0.0950. The fourth-order valence-corrected chi connectivity index (χ4v) is 3.72. The molecule has 0 radical (unpaired) electrons. The molecule has 6 nitrogen and oxygen atoms in total. The molecule has 5 rings (SSSR count). The van der Waals surface area contributed by atoms with Gasteiger partial charge in [-0.15, -0.1) is 0 Å². The lowest BCUT2D eigenvalue weighted by Gasteiger charge is -2.06. The molecule has 0 saturated heterocycles. The fraction of sp³-hybridized carbons (Fsp3) is 0.0690. The van der Waals surface area contributed by atoms with Crippen LogP contribution in [0.2, 0.25) is 0 Å². The number of aromatic amines is 1. The molecule has 0 aliphatic carbocycles. The lowest BCUT2D eigenvalue weighted by Crippen LogP contribution is -2.19. The number of nitrogens with zero attached hydrogens (tertiary/aromatic N) is 2. The van der Waals surface area contributed by atoms with Crippen molar-refractivity contribution in [3.05, 3.63) is 120 Å². The summed E-state index contributed by atoms with van der Waals surface area (Å²) in [6.07, 6.45) is 0. The van der Waals surface area contributed by atoms with Crippen LogP contribution in [0.4, 0.5) is 0 Å². The number of rotatable bonds is 7. The Morgan fingerprint density at radius 1 is 0.886 bits per heavy atom. The van der Waals surface area contributed by atoms with E-state index in [4.69, 9.17) is 4.74 Å². The van der Waals surface area contributed by atoms with Crippen molar-refractivity contribution in [1.29, 1.82) is 0 Å². The quantitative estimate of drug-likeness (QED) is 0.232. The Hall–Kier alpha value is -4.71. The van der Waals surface area contributed by atoms with Gasteiger partial charge in [-0.05, 0) is 65.2 Å². The number of hydrogen-bond acceptors (Lipinski definition) is 4. The Bertz CT molecular complexity index is 1490. The van der Waals surface area contributed by atoms with Gasteiger partial charge in [-0.2, -0.15) is 10.2 Å². The first-order valence-corrected chi connectivity index (χ1v) is 11.3. The molecule has 6 heteroatoms. The normalized spacial score (nSPS) is 11.4. The standard InChI is InChI=1S/C29H24N4O2/c1-20(24-12-11-22-9-5-6-10-25(22)17-24)30-33-29(34)28-18-27(31-32-28)23-13-15-26(16-14-23)35-19-21-7-3-2-4-8-21/h2-18H,19H2,1H3,(H,31,32)(H,33,34). The van der Waals surface area contributed by atoms with E-state index in [0.29, 0.717) is 18.0 Å². The molecule has 0 spiro atoms. The number of hydrazone groups is 1. The average Bonchev–Trinajstić information content (AvgIpc) is 3.41. The Morgan fingerprint density at radius 3 is 2.43 bits per heavy atom. The van der Waals surface area contributed by atoms with Crippen LogP contribution in [0.5, 0.6) is 5.75 Å². The minimum absolute atomic E-state index is 0.333. The highest BCUT2D eigenvalue weighted by atomic mass is 16.5. The zero-order chi connectivity index (χ0) is 24.0. The van der Waals surface area contributed by atoms with Gasteiger partial charge in [0.15, 0.2) is 0 Å². The van der Waals surface area contributed by atoms with Gasteiger partial charge in [-0.1, -0.05) is 66.7 Å². The molecule has 5 aromatic rings. The molecule has 172 valence electrons. The minimum atomic E-state index is -0.355. The van der Waals surface area contributed by atoms with Crippen LogP contribution in [0, 0.1) is 0 Å². The van der Waals surface area contributed by atoms with Crippen LogP contribution in [0.1, 0.15) is 28.5 Å². The first-order chi connectivity index (χ1) is 17.2. The van der Waals surface area contributed by atoms with Crippen molar-refractivity contribution in [3.63, 3.8) is 0 Å². The van der Waals surface area contributed by atoms with Gasteiger partial charge >= 0.3 is 0 Å². The summed E-state index contributed by atoms with van der Waals surface area (Å²) in [5, 5.41) is 13.6. The Morgan fingerprint density at radius 2 is 1.63 bits per heavy atom. The van der Waals surface area contributed by atoms with E-state index in [9.17, 15) is 4.79 Å². The number of H-pyrrole nitrogens is 1. The molecule has 0 unspecified atom stereocenters. The molecule has 0 aliphatic heterocycles. The monoisotopic (exact) mass is 460 g/mol. The second-order valence-electron chi connectivity index (χ2n) is 8.17. The maximum Gasteiger partial charge on any atom is 0.289 e. The first kappa shape index (κ1) is 22.1. The molecule has 2 N–H and O–H groups in total. The topological polar surface area (TPSA) is 79.4 Å². The fourth-order valence-electron chi connectivity index (χ4n) is 3.72. The van der Waals surface area contributed by atoms with Crippen LogP contribution in [-0.4, -0.2) is 21.8 Å². The van der Waals surface area contributed by atoms with Gasteiger partial charge in [0.25, 0.3) is 5.91 Å². The molecule has 35 heavy (non-hydrogen) atoms. The van der Waals surface area contributed by atoms with Crippen LogP contribution >= 0.6 is 0 Å². The summed E-state index contributed by atoms with van der Waals surface area (Å²) >= 11 is 0. The molecule has 0 aliphatic rings. The van der Waals surface area contributed by atoms with Gasteiger partial charge in [0, 0.05) is 5.56 Å². The molecule has 0 bridgehead atoms. The number of fused-ring (bicyclic) bond motifs is 1. The van der Waals surface area contributed by atoms with Gasteiger partial charge in [0.1, 0.15) is 18.1 Å². The average molecular weight is 461 g/mol. The summed E-state index contributed by atoms with van der Waals surface area (Å²) in [4.78, 5) is 12.6. The van der Waals surface area contributed by atoms with E-state index >= 15 is 0 Å². The molecule has 0 saturated carbocycles. The van der Waals surface area contributed by atoms with Gasteiger partial charge in [0.2, 0.25) is 0 Å². The third kappa shape index (κ3) is 5.28. The molecule has 0 fully saturated rings. The molecule has 1 amide bonds. The zero-order valence-electron chi connectivity index (χ0n) is 19.2. The van der Waals surface area contributed by atoms with E-state index in [1.54, 1.807) is 6.07 Å². The number of nitrogens with one attached hydrogen (secondary N) is 2. The Balaban J connectivity index is 1.21. The van der Waals surface area contributed by atoms with E-state index in [1.807, 2.05) is 85.8 Å². The summed E-state index contributed by atoms with van der Waals surface area (Å²) in [5.41, 5.74) is 7.26. The SMILES string of the molecule is CC(=NNC(=O)c1cc(-c2ccc(OCc3ccccc3)cc2)n[nH]1)c1ccc2ccccc2c1. The van der Waals surface area contributed by atoms with Crippen molar-refractivity contribution < 1.29 is 9.53 Å². The van der Waals surface area contributed by atoms with Crippen LogP contribution < -0.4 is 10.2 Å². The Labute approximate surface area is 203 Å². The predicted molar refractivity (Wildman–Crippen MR) is 138 cm³/mol. The number of carbonyl (C=O) groups excluding carboxylic acids is 1. The number of amides is 1. The summed E-state index contributed by atoms with van der Waals surface area (Å²) in [5.74, 6) is 0.413. The number of benzene rings is 4. The summed E-state index contributed by atoms with van der Waals surface area (Å²) in [7, 11) is 0. The largest absolute Gasteiger partial charge is 0.489 e. The molecule has 0 atom stereocenters. The lowest BCUT2D eigenvalue weighted by atomic mass is 10.0. The number of carbonyl (C=O) groups is 1. The van der Waals surface area contributed by atoms with E-state index < -0.39 is 0 Å². The molecular weight excluding hydrogens is 436 g/mol. The maximum atomic E-state index is 12.6. The van der Waals surface area contributed by atoms with E-state index in [0.717, 1.165) is 38.9 Å². The zero-order valence-corrected chi connectivity index (χ0v) is 19.2. The second-order valence-corrected chi connectivity index (χ2v) is 8.17. The third-order valence-corrected chi connectivity index (χ3v) is 5.71. The minimum Gasteiger partial charge on any atom is -0.489 e. The van der Waals surface area contributed by atoms with E-state index in [2.05, 4.69) is 38.9 Å². The number of ether oxygens (including phenoxy) is 1. The highest BCUT2D eigenvalue weighted by molar-refractivity contribution is 6.03. The highest BCUT2D eigenvalue weighted by Gasteiger charge is 2.11. The van der Waals surface area contributed by atoms with Crippen molar-refractivity contribution in [2.45, 2.75) is 13.5 Å². The van der Waals surface area contributed by atoms with Gasteiger partial charge in [-0.3, -0.25) is 9.89 Å². The molecule has 4 aromatic carbocycles. The molecular formula is C29H24N4O2. The Kier molecular flexibility index (Phi) is 6.35. The van der Waals surface area contributed by atoms with Gasteiger partial charge < -0.3 is 4.74 Å². The summed E-state index contributed by atoms with van der Waals surface area (Å²) in [6.45, 7) is 2.37. The predicted octanol–water partition coefficient (Wildman–Crippen LogP) is 5.96. The van der Waals surface area contributed by atoms with Gasteiger partial charge in [0.05, 0.1) is 11.4 Å². The van der Waals surface area contributed by atoms with Crippen LogP contribution in [-0.2, 0) is 6.61 Å². The summed E-state index contributed by atoms with van der Waals surface area (Å²) < 4.78 is 5.83. The maximum absolute atomic E-state index is 12.6.